The fraction of sp³-hybridized carbons (Fsp3) is 0.424. The van der Waals surface area contributed by atoms with E-state index in [0.29, 0.717) is 18.5 Å². The number of amides is 1. The summed E-state index contributed by atoms with van der Waals surface area (Å²) in [4.78, 5) is 22.3. The Labute approximate surface area is 226 Å². The number of rotatable bonds is 10. The van der Waals surface area contributed by atoms with Crippen LogP contribution in [0.15, 0.2) is 79.4 Å². The third kappa shape index (κ3) is 6.32. The molecule has 2 unspecified atom stereocenters. The molecule has 3 heterocycles. The highest BCUT2D eigenvalue weighted by molar-refractivity contribution is 5.94. The van der Waals surface area contributed by atoms with Crippen molar-refractivity contribution >= 4 is 16.9 Å². The second-order valence-corrected chi connectivity index (χ2v) is 10.9. The van der Waals surface area contributed by atoms with Crippen molar-refractivity contribution in [1.29, 1.82) is 0 Å². The van der Waals surface area contributed by atoms with Crippen molar-refractivity contribution in [3.8, 4) is 11.1 Å². The predicted molar refractivity (Wildman–Crippen MR) is 154 cm³/mol. The number of nitrogens with zero attached hydrogens (tertiary/aromatic N) is 3. The highest BCUT2D eigenvalue weighted by Gasteiger charge is 2.28. The fourth-order valence-corrected chi connectivity index (χ4v) is 6.15. The molecule has 1 fully saturated rings. The number of nitrogens with one attached hydrogen (secondary N) is 1. The second-order valence-electron chi connectivity index (χ2n) is 10.9. The zero-order valence-corrected chi connectivity index (χ0v) is 22.6. The van der Waals surface area contributed by atoms with Gasteiger partial charge in [-0.15, -0.1) is 0 Å². The van der Waals surface area contributed by atoms with Gasteiger partial charge in [-0.2, -0.15) is 0 Å². The van der Waals surface area contributed by atoms with Gasteiger partial charge in [-0.25, -0.2) is 4.98 Å². The standard InChI is InChI=1S/C33H40N4O/c1-25(37-24-31(28-14-7-4-8-15-28)30-17-10-20-35-32(30)37)11-9-16-29(27-12-5-2-3-6-13-27)33(38)36-23-26-18-21-34-22-19-26/h4,7-8,10,14-15,17-22,24-25,27,29H,2-3,5-6,9,11-13,16,23H2,1H3,(H,36,38). The van der Waals surface area contributed by atoms with Crippen LogP contribution in [0.5, 0.6) is 0 Å². The first-order valence-electron chi connectivity index (χ1n) is 14.4. The van der Waals surface area contributed by atoms with E-state index in [1.807, 2.05) is 24.4 Å². The van der Waals surface area contributed by atoms with Gasteiger partial charge in [0.1, 0.15) is 5.65 Å². The molecule has 0 saturated heterocycles. The summed E-state index contributed by atoms with van der Waals surface area (Å²) in [6.45, 7) is 2.86. The van der Waals surface area contributed by atoms with Crippen LogP contribution in [-0.2, 0) is 11.3 Å². The molecule has 5 nitrogen and oxygen atoms in total. The SMILES string of the molecule is CC(CCCC(C(=O)NCc1ccncc1)C1CCCCCC1)n1cc(-c2ccccc2)c2cccnc21. The molecular formula is C33H40N4O. The molecule has 3 aromatic heterocycles. The molecule has 5 rings (SSSR count). The normalized spacial score (nSPS) is 16.1. The summed E-state index contributed by atoms with van der Waals surface area (Å²) in [5, 5.41) is 4.44. The van der Waals surface area contributed by atoms with Crippen LogP contribution in [-0.4, -0.2) is 20.4 Å². The Hall–Kier alpha value is -3.47. The molecule has 2 atom stereocenters. The maximum Gasteiger partial charge on any atom is 0.223 e. The van der Waals surface area contributed by atoms with Gasteiger partial charge in [0, 0.05) is 54.2 Å². The Morgan fingerprint density at radius 3 is 2.47 bits per heavy atom. The number of benzene rings is 1. The monoisotopic (exact) mass is 508 g/mol. The van der Waals surface area contributed by atoms with E-state index in [2.05, 4.69) is 64.4 Å². The Balaban J connectivity index is 1.27. The van der Waals surface area contributed by atoms with E-state index >= 15 is 0 Å². The molecule has 0 bridgehead atoms. The van der Waals surface area contributed by atoms with Crippen molar-refractivity contribution < 1.29 is 4.79 Å². The maximum atomic E-state index is 13.5. The minimum Gasteiger partial charge on any atom is -0.352 e. The molecule has 1 amide bonds. The minimum absolute atomic E-state index is 0.0848. The highest BCUT2D eigenvalue weighted by atomic mass is 16.1. The summed E-state index contributed by atoms with van der Waals surface area (Å²) in [6, 6.07) is 19.0. The van der Waals surface area contributed by atoms with E-state index in [1.54, 1.807) is 12.4 Å². The van der Waals surface area contributed by atoms with Crippen LogP contribution < -0.4 is 5.32 Å². The van der Waals surface area contributed by atoms with Gasteiger partial charge in [-0.05, 0) is 73.9 Å². The number of fused-ring (bicyclic) bond motifs is 1. The lowest BCUT2D eigenvalue weighted by atomic mass is 9.82. The molecule has 1 aliphatic rings. The average molecular weight is 509 g/mol. The topological polar surface area (TPSA) is 59.8 Å². The van der Waals surface area contributed by atoms with Gasteiger partial charge in [0.2, 0.25) is 5.91 Å². The number of aromatic nitrogens is 3. The Kier molecular flexibility index (Phi) is 8.85. The van der Waals surface area contributed by atoms with E-state index < -0.39 is 0 Å². The zero-order chi connectivity index (χ0) is 26.2. The molecule has 5 heteroatoms. The van der Waals surface area contributed by atoms with Gasteiger partial charge in [-0.3, -0.25) is 9.78 Å². The van der Waals surface area contributed by atoms with Crippen molar-refractivity contribution in [3.05, 3.63) is 84.9 Å². The van der Waals surface area contributed by atoms with Crippen molar-refractivity contribution in [2.24, 2.45) is 11.8 Å². The van der Waals surface area contributed by atoms with E-state index in [4.69, 9.17) is 4.98 Å². The summed E-state index contributed by atoms with van der Waals surface area (Å²) < 4.78 is 2.34. The third-order valence-corrected chi connectivity index (χ3v) is 8.31. The Morgan fingerprint density at radius 2 is 1.71 bits per heavy atom. The molecule has 38 heavy (non-hydrogen) atoms. The zero-order valence-electron chi connectivity index (χ0n) is 22.6. The molecule has 1 aliphatic carbocycles. The summed E-state index contributed by atoms with van der Waals surface area (Å²) in [5.74, 6) is 0.798. The molecule has 0 spiro atoms. The number of hydrogen-bond donors (Lipinski definition) is 1. The van der Waals surface area contributed by atoms with Crippen LogP contribution in [0.25, 0.3) is 22.2 Å². The molecule has 0 aliphatic heterocycles. The van der Waals surface area contributed by atoms with Crippen LogP contribution in [0, 0.1) is 11.8 Å². The predicted octanol–water partition coefficient (Wildman–Crippen LogP) is 7.73. The van der Waals surface area contributed by atoms with E-state index in [0.717, 1.165) is 30.5 Å². The molecule has 1 N–H and O–H groups in total. The van der Waals surface area contributed by atoms with Gasteiger partial charge in [-0.1, -0.05) is 62.4 Å². The first kappa shape index (κ1) is 26.1. The second kappa shape index (κ2) is 12.9. The van der Waals surface area contributed by atoms with E-state index in [9.17, 15) is 4.79 Å². The maximum absolute atomic E-state index is 13.5. The smallest absolute Gasteiger partial charge is 0.223 e. The van der Waals surface area contributed by atoms with Crippen LogP contribution >= 0.6 is 0 Å². The summed E-state index contributed by atoms with van der Waals surface area (Å²) in [7, 11) is 0. The largest absolute Gasteiger partial charge is 0.352 e. The number of carbonyl (C=O) groups excluding carboxylic acids is 1. The first-order valence-corrected chi connectivity index (χ1v) is 14.4. The van der Waals surface area contributed by atoms with Crippen molar-refractivity contribution in [2.75, 3.05) is 0 Å². The van der Waals surface area contributed by atoms with Crippen LogP contribution in [0.3, 0.4) is 0 Å². The summed E-state index contributed by atoms with van der Waals surface area (Å²) in [5.41, 5.74) is 4.58. The molecule has 1 aromatic carbocycles. The van der Waals surface area contributed by atoms with Gasteiger partial charge >= 0.3 is 0 Å². The van der Waals surface area contributed by atoms with Gasteiger partial charge in [0.15, 0.2) is 0 Å². The van der Waals surface area contributed by atoms with E-state index in [-0.39, 0.29) is 11.8 Å². The lowest BCUT2D eigenvalue weighted by molar-refractivity contribution is -0.127. The van der Waals surface area contributed by atoms with Gasteiger partial charge in [0.05, 0.1) is 0 Å². The first-order chi connectivity index (χ1) is 18.7. The van der Waals surface area contributed by atoms with E-state index in [1.165, 1.54) is 55.0 Å². The fourth-order valence-electron chi connectivity index (χ4n) is 6.15. The number of hydrogen-bond acceptors (Lipinski definition) is 3. The lowest BCUT2D eigenvalue weighted by Crippen LogP contribution is -2.35. The summed E-state index contributed by atoms with van der Waals surface area (Å²) in [6.07, 6.45) is 18.2. The molecular weight excluding hydrogens is 468 g/mol. The Morgan fingerprint density at radius 1 is 0.947 bits per heavy atom. The van der Waals surface area contributed by atoms with Crippen molar-refractivity contribution in [3.63, 3.8) is 0 Å². The lowest BCUT2D eigenvalue weighted by Gasteiger charge is -2.26. The average Bonchev–Trinajstić information content (AvgIpc) is 3.15. The van der Waals surface area contributed by atoms with Crippen molar-refractivity contribution in [2.45, 2.75) is 77.3 Å². The van der Waals surface area contributed by atoms with Gasteiger partial charge in [0.25, 0.3) is 0 Å². The quantitative estimate of drug-likeness (QED) is 0.223. The Bertz CT molecular complexity index is 1290. The van der Waals surface area contributed by atoms with Crippen LogP contribution in [0.1, 0.15) is 76.3 Å². The number of carbonyl (C=O) groups is 1. The molecule has 4 aromatic rings. The number of pyridine rings is 2. The van der Waals surface area contributed by atoms with Crippen molar-refractivity contribution in [1.82, 2.24) is 19.9 Å². The van der Waals surface area contributed by atoms with Gasteiger partial charge < -0.3 is 9.88 Å². The molecule has 0 radical (unpaired) electrons. The highest BCUT2D eigenvalue weighted by Crippen LogP contribution is 2.35. The molecule has 198 valence electrons. The third-order valence-electron chi connectivity index (χ3n) is 8.31. The molecule has 1 saturated carbocycles. The summed E-state index contributed by atoms with van der Waals surface area (Å²) >= 11 is 0. The minimum atomic E-state index is 0.0848. The van der Waals surface area contributed by atoms with Crippen LogP contribution in [0.2, 0.25) is 0 Å². The van der Waals surface area contributed by atoms with Crippen LogP contribution in [0.4, 0.5) is 0 Å².